The molecule has 24 heavy (non-hydrogen) atoms. The van der Waals surface area contributed by atoms with Crippen molar-refractivity contribution in [3.05, 3.63) is 29.8 Å². The van der Waals surface area contributed by atoms with E-state index in [0.717, 1.165) is 25.8 Å². The number of nitrogens with zero attached hydrogens (tertiary/aromatic N) is 1. The first kappa shape index (κ1) is 19.2. The lowest BCUT2D eigenvalue weighted by Gasteiger charge is -2.26. The first-order valence-corrected chi connectivity index (χ1v) is 9.49. The summed E-state index contributed by atoms with van der Waals surface area (Å²) in [6.45, 7) is 3.59. The largest absolute Gasteiger partial charge is 0.462 e. The Morgan fingerprint density at radius 2 is 1.88 bits per heavy atom. The second-order valence-corrected chi connectivity index (χ2v) is 7.80. The Bertz CT molecular complexity index is 664. The first-order chi connectivity index (χ1) is 11.0. The first-order valence-electron chi connectivity index (χ1n) is 8.05. The summed E-state index contributed by atoms with van der Waals surface area (Å²) in [7, 11) is -3.53. The fourth-order valence-electron chi connectivity index (χ4n) is 3.43. The monoisotopic (exact) mass is 374 g/mol. The van der Waals surface area contributed by atoms with Gasteiger partial charge in [-0.1, -0.05) is 0 Å². The molecule has 1 N–H and O–H groups in total. The fraction of sp³-hybridized carbons (Fsp3) is 0.562. The second kappa shape index (κ2) is 7.82. The van der Waals surface area contributed by atoms with Gasteiger partial charge in [0, 0.05) is 18.6 Å². The van der Waals surface area contributed by atoms with Gasteiger partial charge < -0.3 is 10.1 Å². The van der Waals surface area contributed by atoms with E-state index in [9.17, 15) is 13.2 Å². The van der Waals surface area contributed by atoms with E-state index in [1.807, 2.05) is 0 Å². The molecule has 134 valence electrons. The van der Waals surface area contributed by atoms with E-state index in [4.69, 9.17) is 4.74 Å². The molecular formula is C16H23ClN2O4S. The highest BCUT2D eigenvalue weighted by molar-refractivity contribution is 7.89. The van der Waals surface area contributed by atoms with Gasteiger partial charge in [-0.15, -0.1) is 12.4 Å². The molecule has 8 heteroatoms. The van der Waals surface area contributed by atoms with Gasteiger partial charge in [0.2, 0.25) is 10.0 Å². The van der Waals surface area contributed by atoms with Gasteiger partial charge in [0.05, 0.1) is 17.1 Å². The minimum absolute atomic E-state index is 0. The van der Waals surface area contributed by atoms with Crippen LogP contribution in [-0.2, 0) is 14.8 Å². The van der Waals surface area contributed by atoms with Crippen molar-refractivity contribution in [2.24, 2.45) is 0 Å². The summed E-state index contributed by atoms with van der Waals surface area (Å²) in [5.41, 5.74) is 0.367. The molecule has 1 aromatic rings. The van der Waals surface area contributed by atoms with Gasteiger partial charge in [-0.2, -0.15) is 4.31 Å². The van der Waals surface area contributed by atoms with Crippen LogP contribution in [0.1, 0.15) is 36.5 Å². The van der Waals surface area contributed by atoms with Gasteiger partial charge in [0.25, 0.3) is 0 Å². The van der Waals surface area contributed by atoms with Crippen molar-refractivity contribution in [2.75, 3.05) is 19.7 Å². The molecule has 0 saturated carbocycles. The molecule has 2 fully saturated rings. The summed E-state index contributed by atoms with van der Waals surface area (Å²) >= 11 is 0. The van der Waals surface area contributed by atoms with E-state index >= 15 is 0 Å². The molecule has 2 atom stereocenters. The SMILES string of the molecule is CCOC(=O)c1ccc(S(=O)(=O)N2C3CCNCC2CC3)cc1.Cl. The number of benzene rings is 1. The third kappa shape index (κ3) is 3.59. The molecule has 2 saturated heterocycles. The lowest BCUT2D eigenvalue weighted by atomic mass is 10.1. The number of carbonyl (C=O) groups is 1. The average molecular weight is 375 g/mol. The van der Waals surface area contributed by atoms with Crippen molar-refractivity contribution in [1.29, 1.82) is 0 Å². The van der Waals surface area contributed by atoms with E-state index in [-0.39, 0.29) is 29.4 Å². The number of esters is 1. The number of hydrogen-bond donors (Lipinski definition) is 1. The number of hydrogen-bond acceptors (Lipinski definition) is 5. The molecule has 0 amide bonds. The number of fused-ring (bicyclic) bond motifs is 2. The third-order valence-corrected chi connectivity index (χ3v) is 6.55. The Kier molecular flexibility index (Phi) is 6.25. The third-order valence-electron chi connectivity index (χ3n) is 4.53. The summed E-state index contributed by atoms with van der Waals surface area (Å²) in [5, 5.41) is 3.30. The van der Waals surface area contributed by atoms with Gasteiger partial charge in [0.1, 0.15) is 0 Å². The van der Waals surface area contributed by atoms with Crippen LogP contribution in [0.15, 0.2) is 29.2 Å². The highest BCUT2D eigenvalue weighted by atomic mass is 35.5. The molecule has 2 aliphatic heterocycles. The topological polar surface area (TPSA) is 75.7 Å². The molecule has 0 aliphatic carbocycles. The predicted octanol–water partition coefficient (Wildman–Crippen LogP) is 1.80. The van der Waals surface area contributed by atoms with Gasteiger partial charge in [0.15, 0.2) is 0 Å². The van der Waals surface area contributed by atoms with Crippen LogP contribution in [-0.4, -0.2) is 50.5 Å². The number of halogens is 1. The Morgan fingerprint density at radius 3 is 2.54 bits per heavy atom. The van der Waals surface area contributed by atoms with Crippen LogP contribution in [0, 0.1) is 0 Å². The van der Waals surface area contributed by atoms with Crippen LogP contribution in [0.5, 0.6) is 0 Å². The van der Waals surface area contributed by atoms with Crippen molar-refractivity contribution in [2.45, 2.75) is 43.2 Å². The van der Waals surface area contributed by atoms with Crippen LogP contribution >= 0.6 is 12.4 Å². The second-order valence-electron chi connectivity index (χ2n) is 5.96. The standard InChI is InChI=1S/C16H22N2O4S.ClH/c1-2-22-16(19)12-3-7-15(8-4-12)23(20,21)18-13-5-6-14(18)11-17-10-9-13;/h3-4,7-8,13-14,17H,2,5-6,9-11H2,1H3;1H. The molecule has 3 rings (SSSR count). The number of ether oxygens (including phenoxy) is 1. The normalized spacial score (nSPS) is 24.0. The maximum Gasteiger partial charge on any atom is 0.338 e. The number of nitrogens with one attached hydrogen (secondary N) is 1. The molecule has 2 aliphatic rings. The molecule has 1 aromatic carbocycles. The van der Waals surface area contributed by atoms with Crippen LogP contribution in [0.3, 0.4) is 0 Å². The summed E-state index contributed by atoms with van der Waals surface area (Å²) < 4.78 is 32.6. The van der Waals surface area contributed by atoms with E-state index < -0.39 is 16.0 Å². The molecule has 0 spiro atoms. The quantitative estimate of drug-likeness (QED) is 0.813. The summed E-state index contributed by atoms with van der Waals surface area (Å²) in [6.07, 6.45) is 2.67. The van der Waals surface area contributed by atoms with Crippen molar-refractivity contribution >= 4 is 28.4 Å². The van der Waals surface area contributed by atoms with Crippen molar-refractivity contribution < 1.29 is 17.9 Å². The minimum Gasteiger partial charge on any atom is -0.462 e. The van der Waals surface area contributed by atoms with Crippen molar-refractivity contribution in [1.82, 2.24) is 9.62 Å². The van der Waals surface area contributed by atoms with Crippen LogP contribution in [0.4, 0.5) is 0 Å². The van der Waals surface area contributed by atoms with Crippen LogP contribution in [0.2, 0.25) is 0 Å². The van der Waals surface area contributed by atoms with Crippen molar-refractivity contribution in [3.8, 4) is 0 Å². The summed E-state index contributed by atoms with van der Waals surface area (Å²) in [4.78, 5) is 11.9. The lowest BCUT2D eigenvalue weighted by Crippen LogP contribution is -2.42. The molecule has 2 unspecified atom stereocenters. The molecule has 0 radical (unpaired) electrons. The number of rotatable bonds is 4. The Hall–Kier alpha value is -1.15. The fourth-order valence-corrected chi connectivity index (χ4v) is 5.33. The van der Waals surface area contributed by atoms with Gasteiger partial charge in [-0.05, 0) is 57.0 Å². The van der Waals surface area contributed by atoms with E-state index in [1.54, 1.807) is 11.2 Å². The maximum atomic E-state index is 13.0. The lowest BCUT2D eigenvalue weighted by molar-refractivity contribution is 0.0526. The van der Waals surface area contributed by atoms with Gasteiger partial charge in [-0.25, -0.2) is 13.2 Å². The Morgan fingerprint density at radius 1 is 1.21 bits per heavy atom. The molecule has 0 aromatic heterocycles. The zero-order valence-electron chi connectivity index (χ0n) is 13.6. The van der Waals surface area contributed by atoms with Crippen LogP contribution < -0.4 is 5.32 Å². The molecular weight excluding hydrogens is 352 g/mol. The number of carbonyl (C=O) groups excluding carboxylic acids is 1. The summed E-state index contributed by atoms with van der Waals surface area (Å²) in [5.74, 6) is -0.435. The zero-order valence-corrected chi connectivity index (χ0v) is 15.2. The zero-order chi connectivity index (χ0) is 16.4. The maximum absolute atomic E-state index is 13.0. The van der Waals surface area contributed by atoms with Crippen molar-refractivity contribution in [3.63, 3.8) is 0 Å². The number of sulfonamides is 1. The van der Waals surface area contributed by atoms with Gasteiger partial charge >= 0.3 is 5.97 Å². The highest BCUT2D eigenvalue weighted by Gasteiger charge is 2.42. The molecule has 2 heterocycles. The smallest absolute Gasteiger partial charge is 0.338 e. The minimum atomic E-state index is -3.53. The summed E-state index contributed by atoms with van der Waals surface area (Å²) in [6, 6.07) is 6.13. The van der Waals surface area contributed by atoms with E-state index in [1.165, 1.54) is 24.3 Å². The van der Waals surface area contributed by atoms with Gasteiger partial charge in [-0.3, -0.25) is 0 Å². The molecule has 6 nitrogen and oxygen atoms in total. The van der Waals surface area contributed by atoms with E-state index in [2.05, 4.69) is 5.32 Å². The Balaban J connectivity index is 0.00000208. The average Bonchev–Trinajstić information content (AvgIpc) is 2.81. The van der Waals surface area contributed by atoms with E-state index in [0.29, 0.717) is 18.7 Å². The Labute approximate surface area is 149 Å². The highest BCUT2D eigenvalue weighted by Crippen LogP contribution is 2.33. The molecule has 2 bridgehead atoms. The van der Waals surface area contributed by atoms with Crippen LogP contribution in [0.25, 0.3) is 0 Å². The predicted molar refractivity (Wildman–Crippen MR) is 93.0 cm³/mol.